The van der Waals surface area contributed by atoms with Gasteiger partial charge in [0.2, 0.25) is 0 Å². The largest absolute Gasteiger partial charge is 0.403 e. The molecule has 0 radical (unpaired) electrons. The number of hydrogen-bond acceptors (Lipinski definition) is 3. The van der Waals surface area contributed by atoms with Gasteiger partial charge in [0.05, 0.1) is 12.1 Å². The molecular weight excluding hydrogens is 436 g/mol. The number of piperidine rings is 1. The standard InChI is InChI=1S/C28H34N4OSi/c1-28(2,3)34(26-15-9-5-10-16-26,27-17-11-6-12-18-27)33-25-19-24(30-31-29)21-32(22-25)20-23-13-7-4-8-14-23/h4-18,24-25H,19-22H2,1-3H3/t24-,25-/m1/s1. The van der Waals surface area contributed by atoms with Crippen LogP contribution in [0.15, 0.2) is 96.1 Å². The van der Waals surface area contributed by atoms with Gasteiger partial charge in [0, 0.05) is 24.5 Å². The summed E-state index contributed by atoms with van der Waals surface area (Å²) in [7, 11) is -2.67. The Morgan fingerprint density at radius 3 is 1.91 bits per heavy atom. The predicted molar refractivity (Wildman–Crippen MR) is 142 cm³/mol. The fourth-order valence-electron chi connectivity index (χ4n) is 5.27. The number of benzene rings is 3. The monoisotopic (exact) mass is 470 g/mol. The van der Waals surface area contributed by atoms with E-state index in [4.69, 9.17) is 4.43 Å². The summed E-state index contributed by atoms with van der Waals surface area (Å²) in [6.45, 7) is 9.29. The summed E-state index contributed by atoms with van der Waals surface area (Å²) < 4.78 is 7.37. The Kier molecular flexibility index (Phi) is 7.54. The average molecular weight is 471 g/mol. The summed E-state index contributed by atoms with van der Waals surface area (Å²) in [6, 6.07) is 31.8. The second-order valence-electron chi connectivity index (χ2n) is 10.2. The van der Waals surface area contributed by atoms with Gasteiger partial charge in [-0.2, -0.15) is 0 Å². The zero-order chi connectivity index (χ0) is 24.0. The maximum absolute atomic E-state index is 9.21. The summed E-state index contributed by atoms with van der Waals surface area (Å²) in [5, 5.41) is 6.59. The maximum atomic E-state index is 9.21. The van der Waals surface area contributed by atoms with Gasteiger partial charge in [0.1, 0.15) is 0 Å². The van der Waals surface area contributed by atoms with Crippen molar-refractivity contribution in [2.45, 2.75) is 50.9 Å². The third kappa shape index (κ3) is 5.26. The highest BCUT2D eigenvalue weighted by Gasteiger charge is 2.52. The molecule has 1 heterocycles. The van der Waals surface area contributed by atoms with Crippen LogP contribution in [-0.4, -0.2) is 38.5 Å². The molecule has 0 saturated carbocycles. The molecule has 3 aromatic carbocycles. The van der Waals surface area contributed by atoms with Gasteiger partial charge in [-0.3, -0.25) is 4.90 Å². The summed E-state index contributed by atoms with van der Waals surface area (Å²) in [6.07, 6.45) is 0.708. The number of nitrogens with zero attached hydrogens (tertiary/aromatic N) is 4. The summed E-state index contributed by atoms with van der Waals surface area (Å²) in [5.74, 6) is 0. The highest BCUT2D eigenvalue weighted by molar-refractivity contribution is 6.99. The van der Waals surface area contributed by atoms with Crippen molar-refractivity contribution < 1.29 is 4.43 Å². The SMILES string of the molecule is CC(C)(C)[Si](O[C@@H]1C[C@@H](N=[N+]=[N-])CN(Cc2ccccc2)C1)(c1ccccc1)c1ccccc1. The van der Waals surface area contributed by atoms with Crippen molar-refractivity contribution in [3.63, 3.8) is 0 Å². The van der Waals surface area contributed by atoms with Gasteiger partial charge in [-0.25, -0.2) is 0 Å². The van der Waals surface area contributed by atoms with Crippen molar-refractivity contribution in [3.05, 3.63) is 107 Å². The molecule has 0 spiro atoms. The van der Waals surface area contributed by atoms with E-state index >= 15 is 0 Å². The van der Waals surface area contributed by atoms with E-state index in [1.807, 2.05) is 6.07 Å². The van der Waals surface area contributed by atoms with Crippen LogP contribution in [0.5, 0.6) is 0 Å². The molecule has 0 aliphatic carbocycles. The second kappa shape index (κ2) is 10.6. The van der Waals surface area contributed by atoms with Gasteiger partial charge in [0.15, 0.2) is 0 Å². The molecule has 1 aliphatic rings. The lowest BCUT2D eigenvalue weighted by molar-refractivity contribution is 0.0665. The first kappa shape index (κ1) is 24.2. The quantitative estimate of drug-likeness (QED) is 0.198. The fraction of sp³-hybridized carbons (Fsp3) is 0.357. The van der Waals surface area contributed by atoms with Crippen molar-refractivity contribution in [2.75, 3.05) is 13.1 Å². The van der Waals surface area contributed by atoms with Crippen LogP contribution in [0.2, 0.25) is 5.04 Å². The van der Waals surface area contributed by atoms with Gasteiger partial charge >= 0.3 is 0 Å². The molecule has 5 nitrogen and oxygen atoms in total. The molecule has 1 saturated heterocycles. The predicted octanol–water partition coefficient (Wildman–Crippen LogP) is 5.52. The third-order valence-corrected chi connectivity index (χ3v) is 11.8. The van der Waals surface area contributed by atoms with Crippen LogP contribution in [0.1, 0.15) is 32.8 Å². The Balaban J connectivity index is 1.73. The molecule has 0 unspecified atom stereocenters. The van der Waals surface area contributed by atoms with Crippen molar-refractivity contribution in [2.24, 2.45) is 5.11 Å². The highest BCUT2D eigenvalue weighted by Crippen LogP contribution is 2.38. The topological polar surface area (TPSA) is 61.2 Å². The lowest BCUT2D eigenvalue weighted by Gasteiger charge is -2.47. The Labute approximate surface area is 204 Å². The van der Waals surface area contributed by atoms with Gasteiger partial charge in [-0.05, 0) is 32.9 Å². The van der Waals surface area contributed by atoms with Crippen LogP contribution in [0, 0.1) is 0 Å². The maximum Gasteiger partial charge on any atom is 0.261 e. The number of rotatable bonds is 7. The van der Waals surface area contributed by atoms with E-state index in [0.29, 0.717) is 0 Å². The minimum atomic E-state index is -2.67. The Bertz CT molecular complexity index is 1060. The Hall–Kier alpha value is -2.89. The van der Waals surface area contributed by atoms with E-state index in [1.54, 1.807) is 0 Å². The van der Waals surface area contributed by atoms with Crippen molar-refractivity contribution in [1.29, 1.82) is 0 Å². The van der Waals surface area contributed by atoms with Crippen LogP contribution in [0.25, 0.3) is 10.4 Å². The first-order valence-corrected chi connectivity index (χ1v) is 13.9. The molecule has 0 aromatic heterocycles. The van der Waals surface area contributed by atoms with Gasteiger partial charge in [0.25, 0.3) is 8.32 Å². The zero-order valence-electron chi connectivity index (χ0n) is 20.3. The summed E-state index contributed by atoms with van der Waals surface area (Å²) >= 11 is 0. The smallest absolute Gasteiger partial charge is 0.261 e. The molecule has 1 aliphatic heterocycles. The molecule has 0 bridgehead atoms. The Morgan fingerprint density at radius 2 is 1.41 bits per heavy atom. The molecule has 0 amide bonds. The average Bonchev–Trinajstić information content (AvgIpc) is 2.84. The number of hydrogen-bond donors (Lipinski definition) is 0. The number of likely N-dealkylation sites (tertiary alicyclic amines) is 1. The van der Waals surface area contributed by atoms with E-state index in [2.05, 4.69) is 121 Å². The number of azide groups is 1. The van der Waals surface area contributed by atoms with Crippen LogP contribution < -0.4 is 10.4 Å². The summed E-state index contributed by atoms with van der Waals surface area (Å²) in [5.41, 5.74) is 10.5. The summed E-state index contributed by atoms with van der Waals surface area (Å²) in [4.78, 5) is 5.53. The lowest BCUT2D eigenvalue weighted by Crippen LogP contribution is -2.68. The van der Waals surface area contributed by atoms with Crippen molar-refractivity contribution in [3.8, 4) is 0 Å². The lowest BCUT2D eigenvalue weighted by atomic mass is 10.0. The van der Waals surface area contributed by atoms with E-state index in [0.717, 1.165) is 26.1 Å². The normalized spacial score (nSPS) is 19.4. The minimum absolute atomic E-state index is 0.0285. The van der Waals surface area contributed by atoms with Crippen LogP contribution in [0.4, 0.5) is 0 Å². The molecule has 1 fully saturated rings. The van der Waals surface area contributed by atoms with Crippen LogP contribution in [-0.2, 0) is 11.0 Å². The fourth-order valence-corrected chi connectivity index (χ4v) is 9.95. The third-order valence-electron chi connectivity index (χ3n) is 6.69. The first-order valence-electron chi connectivity index (χ1n) is 12.0. The highest BCUT2D eigenvalue weighted by atomic mass is 28.4. The van der Waals surface area contributed by atoms with E-state index in [9.17, 15) is 5.53 Å². The molecular formula is C28H34N4OSi. The molecule has 2 atom stereocenters. The zero-order valence-corrected chi connectivity index (χ0v) is 21.3. The molecule has 176 valence electrons. The molecule has 0 N–H and O–H groups in total. The molecule has 34 heavy (non-hydrogen) atoms. The second-order valence-corrected chi connectivity index (χ2v) is 14.4. The van der Waals surface area contributed by atoms with Gasteiger partial charge in [-0.1, -0.05) is 117 Å². The van der Waals surface area contributed by atoms with Crippen molar-refractivity contribution in [1.82, 2.24) is 4.90 Å². The first-order chi connectivity index (χ1) is 16.4. The van der Waals surface area contributed by atoms with Crippen molar-refractivity contribution >= 4 is 18.7 Å². The van der Waals surface area contributed by atoms with E-state index < -0.39 is 8.32 Å². The molecule has 6 heteroatoms. The molecule has 3 aromatic rings. The minimum Gasteiger partial charge on any atom is -0.403 e. The Morgan fingerprint density at radius 1 is 0.882 bits per heavy atom. The van der Waals surface area contributed by atoms with E-state index in [-0.39, 0.29) is 17.2 Å². The van der Waals surface area contributed by atoms with E-state index in [1.165, 1.54) is 15.9 Å². The van der Waals surface area contributed by atoms with Crippen LogP contribution in [0.3, 0.4) is 0 Å². The van der Waals surface area contributed by atoms with Gasteiger partial charge < -0.3 is 4.43 Å². The van der Waals surface area contributed by atoms with Gasteiger partial charge in [-0.15, -0.1) is 0 Å². The molecule has 4 rings (SSSR count). The van der Waals surface area contributed by atoms with Crippen LogP contribution >= 0.6 is 0 Å².